The molecule has 1 aromatic carbocycles. The summed E-state index contributed by atoms with van der Waals surface area (Å²) in [7, 11) is 0. The molecule has 0 aromatic heterocycles. The van der Waals surface area contributed by atoms with Crippen LogP contribution >= 0.6 is 23.2 Å². The van der Waals surface area contributed by atoms with E-state index in [1.807, 2.05) is 6.92 Å². The molecule has 1 aliphatic heterocycles. The van der Waals surface area contributed by atoms with Crippen molar-refractivity contribution in [2.75, 3.05) is 4.90 Å². The highest BCUT2D eigenvalue weighted by Crippen LogP contribution is 2.60. The van der Waals surface area contributed by atoms with Crippen molar-refractivity contribution in [1.82, 2.24) is 0 Å². The molecule has 5 heteroatoms. The summed E-state index contributed by atoms with van der Waals surface area (Å²) in [6.07, 6.45) is 5.08. The molecule has 108 valence electrons. The van der Waals surface area contributed by atoms with Gasteiger partial charge in [0.1, 0.15) is 0 Å². The Morgan fingerprint density at radius 1 is 1.19 bits per heavy atom. The van der Waals surface area contributed by atoms with Crippen LogP contribution in [0.25, 0.3) is 0 Å². The van der Waals surface area contributed by atoms with Gasteiger partial charge >= 0.3 is 0 Å². The van der Waals surface area contributed by atoms with Gasteiger partial charge < -0.3 is 0 Å². The van der Waals surface area contributed by atoms with Crippen molar-refractivity contribution in [1.29, 1.82) is 0 Å². The lowest BCUT2D eigenvalue weighted by Crippen LogP contribution is -2.37. The number of imide groups is 1. The topological polar surface area (TPSA) is 37.4 Å². The first-order valence-electron chi connectivity index (χ1n) is 6.96. The van der Waals surface area contributed by atoms with Crippen LogP contribution in [0.3, 0.4) is 0 Å². The number of hydrogen-bond acceptors (Lipinski definition) is 2. The summed E-state index contributed by atoms with van der Waals surface area (Å²) in [4.78, 5) is 27.0. The van der Waals surface area contributed by atoms with Crippen LogP contribution in [0.1, 0.15) is 13.3 Å². The first kappa shape index (κ1) is 13.4. The van der Waals surface area contributed by atoms with Crippen molar-refractivity contribution < 1.29 is 9.59 Å². The Bertz CT molecular complexity index is 714. The van der Waals surface area contributed by atoms with Gasteiger partial charge in [0.15, 0.2) is 0 Å². The van der Waals surface area contributed by atoms with Crippen molar-refractivity contribution in [3.63, 3.8) is 0 Å². The molecule has 2 aliphatic carbocycles. The van der Waals surface area contributed by atoms with Gasteiger partial charge in [0, 0.05) is 0 Å². The molecule has 4 rings (SSSR count). The number of anilines is 1. The Labute approximate surface area is 132 Å². The van der Waals surface area contributed by atoms with Crippen molar-refractivity contribution >= 4 is 40.7 Å². The fourth-order valence-corrected chi connectivity index (χ4v) is 4.47. The number of fused-ring (bicyclic) bond motifs is 5. The van der Waals surface area contributed by atoms with Gasteiger partial charge in [0.2, 0.25) is 11.8 Å². The van der Waals surface area contributed by atoms with E-state index in [9.17, 15) is 9.59 Å². The molecule has 1 aromatic rings. The molecule has 2 amide bonds. The number of nitrogens with zero attached hydrogens (tertiary/aromatic N) is 1. The number of amides is 2. The van der Waals surface area contributed by atoms with Gasteiger partial charge in [0.25, 0.3) is 0 Å². The number of carbonyl (C=O) groups excluding carboxylic acids is 2. The van der Waals surface area contributed by atoms with Gasteiger partial charge in [0.05, 0.1) is 27.1 Å². The third kappa shape index (κ3) is 1.51. The molecule has 1 saturated heterocycles. The first-order valence-corrected chi connectivity index (χ1v) is 7.72. The predicted molar refractivity (Wildman–Crippen MR) is 81.3 cm³/mol. The molecule has 0 unspecified atom stereocenters. The monoisotopic (exact) mass is 321 g/mol. The molecule has 0 spiro atoms. The van der Waals surface area contributed by atoms with E-state index in [0.717, 1.165) is 6.42 Å². The van der Waals surface area contributed by atoms with E-state index in [2.05, 4.69) is 12.2 Å². The average Bonchev–Trinajstić information content (AvgIpc) is 3.07. The molecule has 3 aliphatic rings. The first-order chi connectivity index (χ1) is 9.94. The lowest BCUT2D eigenvalue weighted by Gasteiger charge is -2.28. The standard InChI is InChI=1S/C16H13Cl2NO2/c1-16-9-3-2-8(6-9)13(16)14(20)19(15(16)21)10-4-5-11(17)12(18)7-10/h2-5,7-9,13H,6H2,1H3/t8-,9+,13-,16+/m1/s1. The lowest BCUT2D eigenvalue weighted by molar-refractivity contribution is -0.127. The molecule has 4 atom stereocenters. The second-order valence-electron chi connectivity index (χ2n) is 6.23. The molecule has 1 saturated carbocycles. The normalized spacial score (nSPS) is 36.7. The Morgan fingerprint density at radius 2 is 1.95 bits per heavy atom. The second-order valence-corrected chi connectivity index (χ2v) is 7.04. The number of rotatable bonds is 1. The molecular weight excluding hydrogens is 309 g/mol. The van der Waals surface area contributed by atoms with Crippen molar-refractivity contribution in [3.05, 3.63) is 40.4 Å². The molecular formula is C16H13Cl2NO2. The quantitative estimate of drug-likeness (QED) is 0.584. The number of halogens is 2. The van der Waals surface area contributed by atoms with E-state index in [0.29, 0.717) is 15.7 Å². The van der Waals surface area contributed by atoms with Crippen LogP contribution in [0.2, 0.25) is 10.0 Å². The van der Waals surface area contributed by atoms with Gasteiger partial charge in [-0.05, 0) is 43.4 Å². The number of allylic oxidation sites excluding steroid dienone is 2. The average molecular weight is 322 g/mol. The Hall–Kier alpha value is -1.32. The number of hydrogen-bond donors (Lipinski definition) is 0. The molecule has 0 N–H and O–H groups in total. The largest absolute Gasteiger partial charge is 0.274 e. The molecule has 3 nitrogen and oxygen atoms in total. The maximum atomic E-state index is 12.9. The van der Waals surface area contributed by atoms with Crippen LogP contribution in [-0.4, -0.2) is 11.8 Å². The van der Waals surface area contributed by atoms with Crippen LogP contribution in [0, 0.1) is 23.2 Å². The van der Waals surface area contributed by atoms with E-state index >= 15 is 0 Å². The molecule has 2 bridgehead atoms. The van der Waals surface area contributed by atoms with Crippen LogP contribution in [0.15, 0.2) is 30.4 Å². The molecule has 1 heterocycles. The summed E-state index contributed by atoms with van der Waals surface area (Å²) >= 11 is 11.9. The summed E-state index contributed by atoms with van der Waals surface area (Å²) in [6.45, 7) is 1.92. The third-order valence-electron chi connectivity index (χ3n) is 5.27. The Morgan fingerprint density at radius 3 is 2.62 bits per heavy atom. The molecule has 21 heavy (non-hydrogen) atoms. The van der Waals surface area contributed by atoms with E-state index in [-0.39, 0.29) is 29.6 Å². The van der Waals surface area contributed by atoms with Crippen LogP contribution < -0.4 is 4.90 Å². The fraction of sp³-hybridized carbons (Fsp3) is 0.375. The predicted octanol–water partition coefficient (Wildman–Crippen LogP) is 3.70. The summed E-state index contributed by atoms with van der Waals surface area (Å²) in [5.74, 6) is -0.124. The Kier molecular flexibility index (Phi) is 2.61. The van der Waals surface area contributed by atoms with E-state index in [4.69, 9.17) is 23.2 Å². The van der Waals surface area contributed by atoms with Crippen LogP contribution in [0.5, 0.6) is 0 Å². The van der Waals surface area contributed by atoms with E-state index < -0.39 is 5.41 Å². The SMILES string of the molecule is C[C@@]12C(=O)N(c3ccc(Cl)c(Cl)c3)C(=O)[C@H]1[C@@H]1C=C[C@H]2C1. The second kappa shape index (κ2) is 4.11. The zero-order chi connectivity index (χ0) is 14.9. The highest BCUT2D eigenvalue weighted by atomic mass is 35.5. The summed E-state index contributed by atoms with van der Waals surface area (Å²) in [6, 6.07) is 4.87. The van der Waals surface area contributed by atoms with Gasteiger partial charge in [-0.1, -0.05) is 35.4 Å². The van der Waals surface area contributed by atoms with Crippen molar-refractivity contribution in [2.45, 2.75) is 13.3 Å². The van der Waals surface area contributed by atoms with Crippen molar-refractivity contribution in [2.24, 2.45) is 23.2 Å². The minimum atomic E-state index is -0.609. The number of carbonyl (C=O) groups is 2. The van der Waals surface area contributed by atoms with E-state index in [1.54, 1.807) is 18.2 Å². The lowest BCUT2D eigenvalue weighted by atomic mass is 9.71. The van der Waals surface area contributed by atoms with Crippen LogP contribution in [0.4, 0.5) is 5.69 Å². The molecule has 0 radical (unpaired) electrons. The maximum Gasteiger partial charge on any atom is 0.241 e. The van der Waals surface area contributed by atoms with Gasteiger partial charge in [-0.25, -0.2) is 4.90 Å². The summed E-state index contributed by atoms with van der Waals surface area (Å²) < 4.78 is 0. The van der Waals surface area contributed by atoms with Crippen LogP contribution in [-0.2, 0) is 9.59 Å². The van der Waals surface area contributed by atoms with Gasteiger partial charge in [-0.2, -0.15) is 0 Å². The summed E-state index contributed by atoms with van der Waals surface area (Å²) in [5.41, 5.74) is -0.0998. The highest BCUT2D eigenvalue weighted by Gasteiger charge is 2.67. The smallest absolute Gasteiger partial charge is 0.241 e. The van der Waals surface area contributed by atoms with E-state index in [1.165, 1.54) is 4.90 Å². The van der Waals surface area contributed by atoms with Gasteiger partial charge in [-0.3, -0.25) is 9.59 Å². The summed E-state index contributed by atoms with van der Waals surface area (Å²) in [5, 5.41) is 0.755. The molecule has 2 fully saturated rings. The highest BCUT2D eigenvalue weighted by molar-refractivity contribution is 6.42. The zero-order valence-corrected chi connectivity index (χ0v) is 12.9. The number of benzene rings is 1. The van der Waals surface area contributed by atoms with Gasteiger partial charge in [-0.15, -0.1) is 0 Å². The Balaban J connectivity index is 1.81. The zero-order valence-electron chi connectivity index (χ0n) is 11.3. The maximum absolute atomic E-state index is 12.9. The fourth-order valence-electron chi connectivity index (χ4n) is 4.17. The van der Waals surface area contributed by atoms with Crippen molar-refractivity contribution in [3.8, 4) is 0 Å². The minimum absolute atomic E-state index is 0.113. The minimum Gasteiger partial charge on any atom is -0.274 e. The third-order valence-corrected chi connectivity index (χ3v) is 6.01.